The van der Waals surface area contributed by atoms with E-state index in [2.05, 4.69) is 10.3 Å². The number of rotatable bonds is 2. The number of aromatic nitrogens is 2. The summed E-state index contributed by atoms with van der Waals surface area (Å²) in [7, 11) is 0. The lowest BCUT2D eigenvalue weighted by atomic mass is 9.81. The zero-order valence-electron chi connectivity index (χ0n) is 15.5. The average Bonchev–Trinajstić information content (AvgIpc) is 3.00. The summed E-state index contributed by atoms with van der Waals surface area (Å²) in [5.74, 6) is -1.41. The van der Waals surface area contributed by atoms with Crippen molar-refractivity contribution in [1.82, 2.24) is 9.55 Å². The van der Waals surface area contributed by atoms with Gasteiger partial charge in [-0.05, 0) is 13.0 Å². The molecule has 144 valence electrons. The van der Waals surface area contributed by atoms with Crippen LogP contribution in [0, 0.1) is 5.82 Å². The predicted octanol–water partition coefficient (Wildman–Crippen LogP) is 2.86. The largest absolute Gasteiger partial charge is 0.340 e. The molecule has 0 saturated heterocycles. The second kappa shape index (κ2) is 6.13. The first-order chi connectivity index (χ1) is 14.0. The van der Waals surface area contributed by atoms with Gasteiger partial charge in [0.1, 0.15) is 11.6 Å². The first-order valence-corrected chi connectivity index (χ1v) is 9.29. The van der Waals surface area contributed by atoms with Crippen LogP contribution in [0.1, 0.15) is 39.9 Å². The summed E-state index contributed by atoms with van der Waals surface area (Å²) >= 11 is 0. The second-order valence-corrected chi connectivity index (χ2v) is 7.01. The molecule has 1 aliphatic carbocycles. The van der Waals surface area contributed by atoms with Crippen LogP contribution in [-0.4, -0.2) is 15.3 Å². The number of aromatic amines is 1. The van der Waals surface area contributed by atoms with Crippen LogP contribution in [0.15, 0.2) is 63.7 Å². The van der Waals surface area contributed by atoms with Crippen LogP contribution in [0.25, 0.3) is 5.70 Å². The zero-order valence-corrected chi connectivity index (χ0v) is 15.5. The SMILES string of the molecule is CCn1c2c(c(=O)[nH]c1=O)[C@H](c1ccccc1F)C1=C(N2)c2ccccc2C1=O. The Labute approximate surface area is 164 Å². The van der Waals surface area contributed by atoms with Crippen LogP contribution in [-0.2, 0) is 6.54 Å². The van der Waals surface area contributed by atoms with Gasteiger partial charge in [-0.3, -0.25) is 19.1 Å². The molecule has 0 amide bonds. The first-order valence-electron chi connectivity index (χ1n) is 9.29. The molecule has 0 bridgehead atoms. The fourth-order valence-electron chi connectivity index (χ4n) is 4.29. The molecule has 2 N–H and O–H groups in total. The Bertz CT molecular complexity index is 1350. The number of anilines is 1. The number of halogens is 1. The van der Waals surface area contributed by atoms with E-state index in [0.29, 0.717) is 28.9 Å². The first kappa shape index (κ1) is 17.4. The number of ketones is 1. The Morgan fingerprint density at radius 2 is 1.69 bits per heavy atom. The minimum absolute atomic E-state index is 0.163. The van der Waals surface area contributed by atoms with Crippen LogP contribution in [0.2, 0.25) is 0 Å². The number of allylic oxidation sites excluding steroid dienone is 1. The van der Waals surface area contributed by atoms with E-state index < -0.39 is 23.0 Å². The molecule has 5 rings (SSSR count). The highest BCUT2D eigenvalue weighted by atomic mass is 19.1. The van der Waals surface area contributed by atoms with E-state index in [9.17, 15) is 18.8 Å². The van der Waals surface area contributed by atoms with Crippen molar-refractivity contribution >= 4 is 17.3 Å². The monoisotopic (exact) mass is 389 g/mol. The van der Waals surface area contributed by atoms with Crippen molar-refractivity contribution in [1.29, 1.82) is 0 Å². The Morgan fingerprint density at radius 1 is 1.00 bits per heavy atom. The third-order valence-electron chi connectivity index (χ3n) is 5.54. The van der Waals surface area contributed by atoms with Crippen LogP contribution < -0.4 is 16.6 Å². The van der Waals surface area contributed by atoms with Crippen molar-refractivity contribution in [3.63, 3.8) is 0 Å². The summed E-state index contributed by atoms with van der Waals surface area (Å²) in [6.45, 7) is 2.07. The van der Waals surface area contributed by atoms with Crippen molar-refractivity contribution in [3.8, 4) is 0 Å². The molecule has 2 heterocycles. The Kier molecular flexibility index (Phi) is 3.67. The maximum absolute atomic E-state index is 14.8. The Hall–Kier alpha value is -3.74. The number of nitrogens with zero attached hydrogens (tertiary/aromatic N) is 1. The maximum Gasteiger partial charge on any atom is 0.329 e. The normalized spacial score (nSPS) is 16.9. The van der Waals surface area contributed by atoms with E-state index in [1.807, 2.05) is 6.07 Å². The molecule has 0 spiro atoms. The third kappa shape index (κ3) is 2.30. The summed E-state index contributed by atoms with van der Waals surface area (Å²) in [5.41, 5.74) is 1.18. The summed E-state index contributed by atoms with van der Waals surface area (Å²) in [6, 6.07) is 13.2. The highest BCUT2D eigenvalue weighted by Gasteiger charge is 2.43. The third-order valence-corrected chi connectivity index (χ3v) is 5.54. The van der Waals surface area contributed by atoms with Gasteiger partial charge in [0.05, 0.1) is 17.2 Å². The van der Waals surface area contributed by atoms with Gasteiger partial charge in [-0.25, -0.2) is 9.18 Å². The van der Waals surface area contributed by atoms with Gasteiger partial charge in [0.15, 0.2) is 5.78 Å². The van der Waals surface area contributed by atoms with E-state index in [0.717, 1.165) is 0 Å². The molecule has 3 aromatic rings. The summed E-state index contributed by atoms with van der Waals surface area (Å²) in [4.78, 5) is 40.8. The molecule has 1 atom stereocenters. The number of carbonyl (C=O) groups excluding carboxylic acids is 1. The molecule has 6 nitrogen and oxygen atoms in total. The van der Waals surface area contributed by atoms with Gasteiger partial charge in [0, 0.05) is 28.8 Å². The summed E-state index contributed by atoms with van der Waals surface area (Å²) in [5, 5.41) is 3.15. The standard InChI is InChI=1S/C22H16FN3O3/c1-2-26-20-17(21(28)25-22(26)29)15(13-9-5-6-10-14(13)23)16-18(24-20)11-7-3-4-8-12(11)19(16)27/h3-10,15,24H,2H2,1H3,(H,25,28,29)/t15-/m1/s1. The molecule has 2 aromatic carbocycles. The number of hydrogen-bond acceptors (Lipinski definition) is 4. The number of benzene rings is 2. The second-order valence-electron chi connectivity index (χ2n) is 7.01. The summed E-state index contributed by atoms with van der Waals surface area (Å²) in [6.07, 6.45) is 0. The molecule has 0 saturated carbocycles. The van der Waals surface area contributed by atoms with Crippen molar-refractivity contribution in [2.75, 3.05) is 5.32 Å². The van der Waals surface area contributed by atoms with Crippen molar-refractivity contribution in [2.45, 2.75) is 19.4 Å². The van der Waals surface area contributed by atoms with E-state index >= 15 is 0 Å². The lowest BCUT2D eigenvalue weighted by Gasteiger charge is -2.29. The van der Waals surface area contributed by atoms with Crippen molar-refractivity contribution in [2.24, 2.45) is 0 Å². The topological polar surface area (TPSA) is 84.0 Å². The summed E-state index contributed by atoms with van der Waals surface area (Å²) < 4.78 is 16.2. The highest BCUT2D eigenvalue weighted by molar-refractivity contribution is 6.23. The van der Waals surface area contributed by atoms with Crippen LogP contribution in [0.3, 0.4) is 0 Å². The number of nitrogens with one attached hydrogen (secondary N) is 2. The molecule has 2 aliphatic rings. The van der Waals surface area contributed by atoms with Gasteiger partial charge < -0.3 is 5.32 Å². The van der Waals surface area contributed by atoms with Crippen LogP contribution in [0.4, 0.5) is 10.2 Å². The lowest BCUT2D eigenvalue weighted by molar-refractivity contribution is 0.103. The number of H-pyrrole nitrogens is 1. The van der Waals surface area contributed by atoms with Gasteiger partial charge in [0.25, 0.3) is 5.56 Å². The van der Waals surface area contributed by atoms with Crippen LogP contribution in [0.5, 0.6) is 0 Å². The van der Waals surface area contributed by atoms with Crippen LogP contribution >= 0.6 is 0 Å². The van der Waals surface area contributed by atoms with Gasteiger partial charge in [0.2, 0.25) is 0 Å². The van der Waals surface area contributed by atoms with Crippen molar-refractivity contribution < 1.29 is 9.18 Å². The van der Waals surface area contributed by atoms with Gasteiger partial charge in [-0.2, -0.15) is 0 Å². The molecule has 1 aliphatic heterocycles. The fourth-order valence-corrected chi connectivity index (χ4v) is 4.29. The van der Waals surface area contributed by atoms with E-state index in [1.54, 1.807) is 43.3 Å². The quantitative estimate of drug-likeness (QED) is 0.706. The molecule has 7 heteroatoms. The van der Waals surface area contributed by atoms with Gasteiger partial charge in [-0.15, -0.1) is 0 Å². The Balaban J connectivity index is 1.90. The minimum Gasteiger partial charge on any atom is -0.340 e. The molecule has 0 fully saturated rings. The number of fused-ring (bicyclic) bond motifs is 3. The highest BCUT2D eigenvalue weighted by Crippen LogP contribution is 2.48. The fraction of sp³-hybridized carbons (Fsp3) is 0.136. The lowest BCUT2D eigenvalue weighted by Crippen LogP contribution is -2.38. The van der Waals surface area contributed by atoms with Gasteiger partial charge >= 0.3 is 5.69 Å². The molecule has 29 heavy (non-hydrogen) atoms. The Morgan fingerprint density at radius 3 is 2.41 bits per heavy atom. The molecular weight excluding hydrogens is 373 g/mol. The maximum atomic E-state index is 14.8. The molecule has 0 unspecified atom stereocenters. The molecule has 0 radical (unpaired) electrons. The smallest absolute Gasteiger partial charge is 0.329 e. The predicted molar refractivity (Wildman–Crippen MR) is 107 cm³/mol. The van der Waals surface area contributed by atoms with E-state index in [4.69, 9.17) is 0 Å². The average molecular weight is 389 g/mol. The number of hydrogen-bond donors (Lipinski definition) is 2. The van der Waals surface area contributed by atoms with Crippen molar-refractivity contribution in [3.05, 3.63) is 103 Å². The van der Waals surface area contributed by atoms with E-state index in [-0.39, 0.29) is 22.7 Å². The van der Waals surface area contributed by atoms with Gasteiger partial charge in [-0.1, -0.05) is 42.5 Å². The number of Topliss-reactive ketones (excluding diaryl/α,β-unsaturated/α-hetero) is 1. The molecular formula is C22H16FN3O3. The number of carbonyl (C=O) groups is 1. The van der Waals surface area contributed by atoms with E-state index in [1.165, 1.54) is 10.6 Å². The minimum atomic E-state index is -0.926. The zero-order chi connectivity index (χ0) is 20.3. The molecule has 1 aromatic heterocycles.